The van der Waals surface area contributed by atoms with Crippen LogP contribution < -0.4 is 0 Å². The second-order valence-corrected chi connectivity index (χ2v) is 19.5. The molecular weight excluding hydrogens is 808 g/mol. The smallest absolute Gasteiger partial charge is 0.0333 e. The van der Waals surface area contributed by atoms with Gasteiger partial charge in [-0.2, -0.15) is 0 Å². The summed E-state index contributed by atoms with van der Waals surface area (Å²) in [7, 11) is 0. The Morgan fingerprint density at radius 2 is 0.482 bits per heavy atom. The highest BCUT2D eigenvalue weighted by atomic mass is 79.9. The van der Waals surface area contributed by atoms with Gasteiger partial charge in [0.15, 0.2) is 0 Å². The molecule has 0 fully saturated rings. The Morgan fingerprint density at radius 3 is 0.714 bits per heavy atom. The number of hydrogen-bond acceptors (Lipinski definition) is 0. The van der Waals surface area contributed by atoms with Gasteiger partial charge in [-0.1, -0.05) is 256 Å². The topological polar surface area (TPSA) is 0 Å². The summed E-state index contributed by atoms with van der Waals surface area (Å²) < 4.78 is 2.51. The van der Waals surface area contributed by atoms with E-state index in [0.29, 0.717) is 0 Å². The predicted octanol–water partition coefficient (Wildman–Crippen LogP) is 20.7. The van der Waals surface area contributed by atoms with Crippen LogP contribution in [0.2, 0.25) is 0 Å². The number of rotatable bonds is 38. The number of benzene rings is 3. The van der Waals surface area contributed by atoms with Crippen LogP contribution in [0.15, 0.2) is 45.3 Å². The lowest BCUT2D eigenvalue weighted by molar-refractivity contribution is 0.525. The predicted molar refractivity (Wildman–Crippen MR) is 262 cm³/mol. The van der Waals surface area contributed by atoms with Crippen molar-refractivity contribution in [1.82, 2.24) is 0 Å². The van der Waals surface area contributed by atoms with Crippen LogP contribution in [0.5, 0.6) is 0 Å². The lowest BCUT2D eigenvalue weighted by Gasteiger charge is -2.13. The number of hydrogen-bond donors (Lipinski definition) is 0. The summed E-state index contributed by atoms with van der Waals surface area (Å²) >= 11 is 8.08. The quantitative estimate of drug-likeness (QED) is 0.0397. The normalized spacial score (nSPS) is 11.8. The fourth-order valence-electron chi connectivity index (χ4n) is 8.99. The Balaban J connectivity index is 1.21. The average Bonchev–Trinajstić information content (AvgIpc) is 3.21. The Morgan fingerprint density at radius 1 is 0.268 bits per heavy atom. The van der Waals surface area contributed by atoms with Gasteiger partial charge < -0.3 is 0 Å². The third-order valence-electron chi connectivity index (χ3n) is 12.8. The highest BCUT2D eigenvalue weighted by Gasteiger charge is 2.12. The summed E-state index contributed by atoms with van der Waals surface area (Å²) in [6.45, 7) is 4.61. The third kappa shape index (κ3) is 21.9. The molecule has 2 heteroatoms. The van der Waals surface area contributed by atoms with E-state index in [2.05, 4.69) is 82.1 Å². The van der Waals surface area contributed by atoms with E-state index in [9.17, 15) is 0 Å². The highest BCUT2D eigenvalue weighted by molar-refractivity contribution is 9.11. The fraction of sp³-hybridized carbons (Fsp3) is 0.741. The van der Waals surface area contributed by atoms with E-state index in [1.807, 2.05) is 0 Å². The molecular formula is C54H88Br2. The molecule has 3 aromatic carbocycles. The van der Waals surface area contributed by atoms with E-state index in [1.165, 1.54) is 286 Å². The monoisotopic (exact) mass is 895 g/mol. The molecule has 0 saturated carbocycles. The Labute approximate surface area is 365 Å². The Bertz CT molecular complexity index is 1270. The van der Waals surface area contributed by atoms with Crippen molar-refractivity contribution in [3.05, 3.63) is 56.5 Å². The van der Waals surface area contributed by atoms with Crippen LogP contribution in [0, 0.1) is 0 Å². The molecule has 0 unspecified atom stereocenters. The molecule has 56 heavy (non-hydrogen) atoms. The molecule has 0 radical (unpaired) electrons. The van der Waals surface area contributed by atoms with E-state index in [1.54, 1.807) is 0 Å². The molecule has 0 aliphatic heterocycles. The van der Waals surface area contributed by atoms with Gasteiger partial charge in [0, 0.05) is 8.95 Å². The lowest BCUT2D eigenvalue weighted by atomic mass is 9.97. The molecule has 0 N–H and O–H groups in total. The van der Waals surface area contributed by atoms with Crippen LogP contribution >= 0.6 is 31.9 Å². The molecule has 0 saturated heterocycles. The van der Waals surface area contributed by atoms with Crippen molar-refractivity contribution in [3.8, 4) is 0 Å². The second-order valence-electron chi connectivity index (χ2n) is 17.9. The summed E-state index contributed by atoms with van der Waals surface area (Å²) in [6.07, 6.45) is 54.0. The molecule has 0 heterocycles. The van der Waals surface area contributed by atoms with Gasteiger partial charge in [-0.05, 0) is 102 Å². The van der Waals surface area contributed by atoms with Crippen molar-refractivity contribution in [3.63, 3.8) is 0 Å². The minimum atomic E-state index is 1.19. The Kier molecular flexibility index (Phi) is 30.0. The van der Waals surface area contributed by atoms with Crippen LogP contribution in [0.1, 0.15) is 256 Å². The average molecular weight is 897 g/mol. The largest absolute Gasteiger partial charge is 0.0654 e. The summed E-state index contributed by atoms with van der Waals surface area (Å²) in [6, 6.07) is 14.4. The number of halogens is 2. The van der Waals surface area contributed by atoms with E-state index in [4.69, 9.17) is 0 Å². The van der Waals surface area contributed by atoms with Crippen LogP contribution in [0.25, 0.3) is 21.5 Å². The van der Waals surface area contributed by atoms with Gasteiger partial charge >= 0.3 is 0 Å². The highest BCUT2D eigenvalue weighted by Crippen LogP contribution is 2.40. The Hall–Kier alpha value is -0.860. The van der Waals surface area contributed by atoms with Gasteiger partial charge in [-0.3, -0.25) is 0 Å². The van der Waals surface area contributed by atoms with Gasteiger partial charge in [0.1, 0.15) is 0 Å². The van der Waals surface area contributed by atoms with Crippen LogP contribution in [0.4, 0.5) is 0 Å². The van der Waals surface area contributed by atoms with Gasteiger partial charge in [0.05, 0.1) is 0 Å². The van der Waals surface area contributed by atoms with E-state index in [0.717, 1.165) is 0 Å². The van der Waals surface area contributed by atoms with Gasteiger partial charge in [0.2, 0.25) is 0 Å². The summed E-state index contributed by atoms with van der Waals surface area (Å²) in [5.41, 5.74) is 2.96. The van der Waals surface area contributed by atoms with Crippen LogP contribution in [-0.2, 0) is 12.8 Å². The third-order valence-corrected chi connectivity index (χ3v) is 14.5. The maximum atomic E-state index is 4.04. The molecule has 0 spiro atoms. The number of unbranched alkanes of at least 4 members (excludes halogenated alkanes) is 34. The van der Waals surface area contributed by atoms with Crippen LogP contribution in [-0.4, -0.2) is 0 Å². The molecule has 0 aliphatic rings. The maximum Gasteiger partial charge on any atom is 0.0333 e. The first-order valence-corrected chi connectivity index (χ1v) is 26.6. The molecule has 0 bridgehead atoms. The van der Waals surface area contributed by atoms with Crippen molar-refractivity contribution in [1.29, 1.82) is 0 Å². The summed E-state index contributed by atoms with van der Waals surface area (Å²) in [4.78, 5) is 0. The van der Waals surface area contributed by atoms with Crippen molar-refractivity contribution in [2.45, 2.75) is 258 Å². The van der Waals surface area contributed by atoms with Crippen molar-refractivity contribution >= 4 is 53.4 Å². The molecule has 318 valence electrons. The first kappa shape index (κ1) is 49.5. The molecule has 0 aromatic heterocycles. The fourth-order valence-corrected chi connectivity index (χ4v) is 10.3. The zero-order valence-corrected chi connectivity index (χ0v) is 40.3. The molecule has 0 aliphatic carbocycles. The number of aryl methyl sites for hydroxylation is 2. The summed E-state index contributed by atoms with van der Waals surface area (Å²) in [5.74, 6) is 0. The van der Waals surface area contributed by atoms with Crippen molar-refractivity contribution < 1.29 is 0 Å². The zero-order chi connectivity index (χ0) is 39.7. The molecule has 3 rings (SSSR count). The van der Waals surface area contributed by atoms with Gasteiger partial charge in [-0.25, -0.2) is 0 Å². The van der Waals surface area contributed by atoms with E-state index in [-0.39, 0.29) is 0 Å². The maximum absolute atomic E-state index is 4.04. The van der Waals surface area contributed by atoms with Crippen molar-refractivity contribution in [2.24, 2.45) is 0 Å². The van der Waals surface area contributed by atoms with Gasteiger partial charge in [-0.15, -0.1) is 0 Å². The molecule has 0 amide bonds. The first-order valence-electron chi connectivity index (χ1n) is 25.0. The first-order chi connectivity index (χ1) is 27.7. The van der Waals surface area contributed by atoms with E-state index < -0.39 is 0 Å². The molecule has 0 nitrogen and oxygen atoms in total. The lowest BCUT2D eigenvalue weighted by Crippen LogP contribution is -1.91. The van der Waals surface area contributed by atoms with Crippen molar-refractivity contribution in [2.75, 3.05) is 0 Å². The minimum absolute atomic E-state index is 1.19. The molecule has 3 aromatic rings. The van der Waals surface area contributed by atoms with Crippen LogP contribution in [0.3, 0.4) is 0 Å². The minimum Gasteiger partial charge on any atom is -0.0654 e. The zero-order valence-electron chi connectivity index (χ0n) is 37.1. The SMILES string of the molecule is CCCCCCCCCCCCCCCCCCCCc1ccc2c(Br)c3cc(CCCCCCCCCCCCCCCCCCCC)ccc3c(Br)c2c1. The van der Waals surface area contributed by atoms with E-state index >= 15 is 0 Å². The second kappa shape index (κ2) is 33.9. The van der Waals surface area contributed by atoms with Gasteiger partial charge in [0.25, 0.3) is 0 Å². The summed E-state index contributed by atoms with van der Waals surface area (Å²) in [5, 5.41) is 5.36. The number of fused-ring (bicyclic) bond motifs is 2. The molecule has 0 atom stereocenters. The standard InChI is InChI=1S/C54H88Br2/c1-3-5-7-9-11-13-15-17-19-21-23-25-27-29-31-33-35-37-39-47-41-43-49-51(45-47)53(55)50-44-42-48(46-52(50)54(49)56)40-38-36-34-32-30-28-26-24-22-20-18-16-14-12-10-8-6-4-2/h41-46H,3-40H2,1-2H3.